The van der Waals surface area contributed by atoms with Crippen molar-refractivity contribution < 1.29 is 9.84 Å². The summed E-state index contributed by atoms with van der Waals surface area (Å²) in [6.07, 6.45) is 4.29. The van der Waals surface area contributed by atoms with Gasteiger partial charge >= 0.3 is 6.01 Å². The van der Waals surface area contributed by atoms with E-state index in [1.165, 1.54) is 0 Å². The third-order valence-corrected chi connectivity index (χ3v) is 3.71. The Balaban J connectivity index is 2.07. The second-order valence-electron chi connectivity index (χ2n) is 5.79. The highest BCUT2D eigenvalue weighted by molar-refractivity contribution is 5.35. The molecule has 8 nitrogen and oxygen atoms in total. The van der Waals surface area contributed by atoms with Crippen LogP contribution in [0.5, 0.6) is 6.01 Å². The summed E-state index contributed by atoms with van der Waals surface area (Å²) < 4.78 is 5.47. The zero-order valence-electron chi connectivity index (χ0n) is 12.6. The summed E-state index contributed by atoms with van der Waals surface area (Å²) in [5.74, 6) is 6.00. The first-order valence-electron chi connectivity index (χ1n) is 7.31. The number of hydrogen-bond acceptors (Lipinski definition) is 8. The van der Waals surface area contributed by atoms with Crippen LogP contribution in [0.3, 0.4) is 0 Å². The van der Waals surface area contributed by atoms with Gasteiger partial charge in [0, 0.05) is 12.0 Å². The number of hydrazine groups is 1. The minimum Gasteiger partial charge on any atom is -0.461 e. The van der Waals surface area contributed by atoms with Crippen LogP contribution in [0.25, 0.3) is 0 Å². The Morgan fingerprint density at radius 2 is 1.90 bits per heavy atom. The predicted molar refractivity (Wildman–Crippen MR) is 79.9 cm³/mol. The van der Waals surface area contributed by atoms with Crippen LogP contribution in [0.2, 0.25) is 0 Å². The molecule has 0 spiro atoms. The maximum Gasteiger partial charge on any atom is 0.323 e. The average molecular weight is 296 g/mol. The van der Waals surface area contributed by atoms with Crippen molar-refractivity contribution in [2.75, 3.05) is 23.9 Å². The van der Waals surface area contributed by atoms with Crippen LogP contribution in [0.4, 0.5) is 11.9 Å². The topological polar surface area (TPSA) is 118 Å². The molecule has 1 aromatic rings. The first-order chi connectivity index (χ1) is 10.1. The molecule has 0 radical (unpaired) electrons. The lowest BCUT2D eigenvalue weighted by Gasteiger charge is -2.26. The smallest absolute Gasteiger partial charge is 0.323 e. The van der Waals surface area contributed by atoms with Crippen LogP contribution in [0.1, 0.15) is 39.5 Å². The first-order valence-corrected chi connectivity index (χ1v) is 7.31. The Morgan fingerprint density at radius 1 is 1.24 bits per heavy atom. The summed E-state index contributed by atoms with van der Waals surface area (Å²) in [5, 5.41) is 12.8. The van der Waals surface area contributed by atoms with Gasteiger partial charge in [0.15, 0.2) is 0 Å². The number of nitrogens with one attached hydrogen (secondary N) is 2. The molecule has 0 saturated heterocycles. The monoisotopic (exact) mass is 296 g/mol. The van der Waals surface area contributed by atoms with Gasteiger partial charge in [0.05, 0.1) is 12.7 Å². The highest BCUT2D eigenvalue weighted by Gasteiger charge is 2.33. The van der Waals surface area contributed by atoms with Crippen molar-refractivity contribution >= 4 is 11.9 Å². The van der Waals surface area contributed by atoms with Crippen LogP contribution in [-0.2, 0) is 0 Å². The number of aliphatic hydroxyl groups is 1. The van der Waals surface area contributed by atoms with E-state index in [0.29, 0.717) is 12.5 Å². The lowest BCUT2D eigenvalue weighted by atomic mass is 9.87. The third-order valence-electron chi connectivity index (χ3n) is 3.71. The molecule has 0 aliphatic heterocycles. The molecular formula is C13H24N6O2. The van der Waals surface area contributed by atoms with Gasteiger partial charge in [-0.2, -0.15) is 15.0 Å². The summed E-state index contributed by atoms with van der Waals surface area (Å²) >= 11 is 0. The van der Waals surface area contributed by atoms with Gasteiger partial charge in [0.1, 0.15) is 0 Å². The molecule has 0 unspecified atom stereocenters. The molecule has 1 aromatic heterocycles. The van der Waals surface area contributed by atoms with E-state index in [4.69, 9.17) is 10.6 Å². The highest BCUT2D eigenvalue weighted by Crippen LogP contribution is 2.37. The number of ether oxygens (including phenoxy) is 1. The van der Waals surface area contributed by atoms with Gasteiger partial charge in [-0.15, -0.1) is 0 Å². The molecule has 2 rings (SSSR count). The van der Waals surface area contributed by atoms with E-state index in [2.05, 4.69) is 25.7 Å². The molecule has 0 atom stereocenters. The molecule has 1 fully saturated rings. The number of nitrogen functional groups attached to an aromatic ring is 1. The number of nitrogens with zero attached hydrogens (tertiary/aromatic N) is 3. The van der Waals surface area contributed by atoms with Crippen molar-refractivity contribution in [1.82, 2.24) is 15.0 Å². The minimum atomic E-state index is -0.0813. The maximum absolute atomic E-state index is 9.62. The molecule has 118 valence electrons. The third kappa shape index (κ3) is 4.15. The van der Waals surface area contributed by atoms with Crippen LogP contribution in [0.15, 0.2) is 0 Å². The van der Waals surface area contributed by atoms with E-state index in [1.807, 2.05) is 13.8 Å². The van der Waals surface area contributed by atoms with Gasteiger partial charge in [-0.05, 0) is 26.7 Å². The van der Waals surface area contributed by atoms with Gasteiger partial charge in [-0.3, -0.25) is 5.43 Å². The standard InChI is InChI=1S/C13H24N6O2/c1-9(2)21-12-17-10(16-11(18-12)19-14)15-7-13(8-20)5-3-4-6-13/h9,20H,3-8,14H2,1-2H3,(H2,15,16,17,18,19). The summed E-state index contributed by atoms with van der Waals surface area (Å²) in [6.45, 7) is 4.58. The number of anilines is 2. The van der Waals surface area contributed by atoms with Gasteiger partial charge < -0.3 is 15.2 Å². The molecule has 0 bridgehead atoms. The van der Waals surface area contributed by atoms with Crippen LogP contribution >= 0.6 is 0 Å². The zero-order valence-corrected chi connectivity index (χ0v) is 12.6. The molecule has 1 aliphatic rings. The van der Waals surface area contributed by atoms with Crippen molar-refractivity contribution in [1.29, 1.82) is 0 Å². The van der Waals surface area contributed by atoms with Crippen molar-refractivity contribution in [3.63, 3.8) is 0 Å². The molecule has 1 heterocycles. The second-order valence-corrected chi connectivity index (χ2v) is 5.79. The molecule has 1 saturated carbocycles. The summed E-state index contributed by atoms with van der Waals surface area (Å²) in [7, 11) is 0. The summed E-state index contributed by atoms with van der Waals surface area (Å²) in [6, 6.07) is 0.222. The van der Waals surface area contributed by atoms with Gasteiger partial charge in [0.25, 0.3) is 0 Å². The van der Waals surface area contributed by atoms with Gasteiger partial charge in [-0.25, -0.2) is 5.84 Å². The van der Waals surface area contributed by atoms with E-state index in [0.717, 1.165) is 25.7 Å². The van der Waals surface area contributed by atoms with E-state index in [9.17, 15) is 5.11 Å². The minimum absolute atomic E-state index is 0.0375. The Bertz CT molecular complexity index is 462. The number of nitrogens with two attached hydrogens (primary N) is 1. The Hall–Kier alpha value is -1.67. The molecule has 1 aliphatic carbocycles. The molecule has 0 aromatic carbocycles. The van der Waals surface area contributed by atoms with E-state index < -0.39 is 0 Å². The van der Waals surface area contributed by atoms with Gasteiger partial charge in [-0.1, -0.05) is 12.8 Å². The Labute approximate surface area is 124 Å². The van der Waals surface area contributed by atoms with Gasteiger partial charge in [0.2, 0.25) is 11.9 Å². The molecule has 8 heteroatoms. The lowest BCUT2D eigenvalue weighted by Crippen LogP contribution is -2.31. The normalized spacial score (nSPS) is 17.0. The fraction of sp³-hybridized carbons (Fsp3) is 0.769. The largest absolute Gasteiger partial charge is 0.461 e. The van der Waals surface area contributed by atoms with Crippen LogP contribution in [0, 0.1) is 5.41 Å². The first kappa shape index (κ1) is 15.7. The van der Waals surface area contributed by atoms with Crippen LogP contribution < -0.4 is 21.3 Å². The number of hydrogen-bond donors (Lipinski definition) is 4. The predicted octanol–water partition coefficient (Wildman–Crippen LogP) is 0.909. The Morgan fingerprint density at radius 3 is 2.48 bits per heavy atom. The van der Waals surface area contributed by atoms with Crippen molar-refractivity contribution in [2.24, 2.45) is 11.3 Å². The quantitative estimate of drug-likeness (QED) is 0.433. The number of aliphatic hydroxyl groups excluding tert-OH is 1. The van der Waals surface area contributed by atoms with E-state index in [-0.39, 0.29) is 30.1 Å². The fourth-order valence-electron chi connectivity index (χ4n) is 2.55. The second kappa shape index (κ2) is 6.86. The lowest BCUT2D eigenvalue weighted by molar-refractivity contribution is 0.142. The zero-order chi connectivity index (χ0) is 15.3. The van der Waals surface area contributed by atoms with E-state index >= 15 is 0 Å². The van der Waals surface area contributed by atoms with Crippen molar-refractivity contribution in [3.05, 3.63) is 0 Å². The number of aromatic nitrogens is 3. The molecule has 5 N–H and O–H groups in total. The highest BCUT2D eigenvalue weighted by atomic mass is 16.5. The number of rotatable bonds is 7. The fourth-order valence-corrected chi connectivity index (χ4v) is 2.55. The average Bonchev–Trinajstić information content (AvgIpc) is 2.93. The molecular weight excluding hydrogens is 272 g/mol. The summed E-state index contributed by atoms with van der Waals surface area (Å²) in [4.78, 5) is 12.4. The van der Waals surface area contributed by atoms with Crippen molar-refractivity contribution in [3.8, 4) is 6.01 Å². The molecule has 21 heavy (non-hydrogen) atoms. The van der Waals surface area contributed by atoms with E-state index in [1.54, 1.807) is 0 Å². The molecule has 0 amide bonds. The van der Waals surface area contributed by atoms with Crippen molar-refractivity contribution in [2.45, 2.75) is 45.6 Å². The van der Waals surface area contributed by atoms with Crippen LogP contribution in [-0.4, -0.2) is 39.3 Å². The SMILES string of the molecule is CC(C)Oc1nc(NN)nc(NCC2(CO)CCCC2)n1. The Kier molecular flexibility index (Phi) is 5.13. The summed E-state index contributed by atoms with van der Waals surface area (Å²) in [5.41, 5.74) is 2.32. The maximum atomic E-state index is 9.62.